The SMILES string of the molecule is CCCCCCCCCC(CCO)CCC(CCO)CCCCCCCCC. The van der Waals surface area contributed by atoms with Crippen molar-refractivity contribution in [2.45, 2.75) is 142 Å². The summed E-state index contributed by atoms with van der Waals surface area (Å²) in [7, 11) is 0. The molecule has 28 heavy (non-hydrogen) atoms. The fourth-order valence-corrected chi connectivity index (χ4v) is 4.48. The van der Waals surface area contributed by atoms with E-state index in [4.69, 9.17) is 0 Å². The van der Waals surface area contributed by atoms with Gasteiger partial charge in [-0.3, -0.25) is 0 Å². The van der Waals surface area contributed by atoms with E-state index in [1.165, 1.54) is 116 Å². The summed E-state index contributed by atoms with van der Waals surface area (Å²) >= 11 is 0. The lowest BCUT2D eigenvalue weighted by Crippen LogP contribution is -2.09. The number of unbranched alkanes of at least 4 members (excludes halogenated alkanes) is 12. The molecule has 0 bridgehead atoms. The van der Waals surface area contributed by atoms with Crippen molar-refractivity contribution in [3.63, 3.8) is 0 Å². The number of aliphatic hydroxyl groups excluding tert-OH is 2. The van der Waals surface area contributed by atoms with Crippen LogP contribution in [0.2, 0.25) is 0 Å². The minimum atomic E-state index is 0.337. The summed E-state index contributed by atoms with van der Waals surface area (Å²) < 4.78 is 0. The van der Waals surface area contributed by atoms with Crippen LogP contribution in [0.5, 0.6) is 0 Å². The Labute approximate surface area is 177 Å². The molecule has 0 aliphatic rings. The van der Waals surface area contributed by atoms with Crippen LogP contribution in [0.4, 0.5) is 0 Å². The second kappa shape index (κ2) is 23.2. The quantitative estimate of drug-likeness (QED) is 0.171. The van der Waals surface area contributed by atoms with Gasteiger partial charge in [0, 0.05) is 13.2 Å². The Morgan fingerprint density at radius 2 is 0.714 bits per heavy atom. The summed E-state index contributed by atoms with van der Waals surface area (Å²) in [5, 5.41) is 18.9. The molecule has 0 fully saturated rings. The highest BCUT2D eigenvalue weighted by atomic mass is 16.3. The van der Waals surface area contributed by atoms with E-state index >= 15 is 0 Å². The fraction of sp³-hybridized carbons (Fsp3) is 1.00. The highest BCUT2D eigenvalue weighted by molar-refractivity contribution is 4.66. The first kappa shape index (κ1) is 27.9. The van der Waals surface area contributed by atoms with Crippen LogP contribution in [0.25, 0.3) is 0 Å². The maximum absolute atomic E-state index is 9.43. The number of aliphatic hydroxyl groups is 2. The van der Waals surface area contributed by atoms with Gasteiger partial charge in [-0.2, -0.15) is 0 Å². The Morgan fingerprint density at radius 3 is 1.04 bits per heavy atom. The van der Waals surface area contributed by atoms with Crippen LogP contribution in [0.3, 0.4) is 0 Å². The molecule has 0 aliphatic heterocycles. The van der Waals surface area contributed by atoms with Gasteiger partial charge in [0.2, 0.25) is 0 Å². The molecular weight excluding hydrogens is 344 g/mol. The summed E-state index contributed by atoms with van der Waals surface area (Å²) in [4.78, 5) is 0. The van der Waals surface area contributed by atoms with Crippen molar-refractivity contribution in [1.82, 2.24) is 0 Å². The molecule has 2 atom stereocenters. The van der Waals surface area contributed by atoms with Crippen LogP contribution in [0, 0.1) is 11.8 Å². The first-order valence-corrected chi connectivity index (χ1v) is 13.0. The third kappa shape index (κ3) is 19.2. The third-order valence-corrected chi connectivity index (χ3v) is 6.49. The molecule has 0 aromatic carbocycles. The molecule has 2 heteroatoms. The maximum atomic E-state index is 9.43. The van der Waals surface area contributed by atoms with Gasteiger partial charge in [0.15, 0.2) is 0 Å². The van der Waals surface area contributed by atoms with Gasteiger partial charge in [-0.15, -0.1) is 0 Å². The first-order chi connectivity index (χ1) is 13.8. The van der Waals surface area contributed by atoms with Crippen LogP contribution < -0.4 is 0 Å². The summed E-state index contributed by atoms with van der Waals surface area (Å²) in [6.45, 7) is 5.22. The average Bonchev–Trinajstić information content (AvgIpc) is 2.70. The zero-order chi connectivity index (χ0) is 20.7. The number of hydrogen-bond donors (Lipinski definition) is 2. The second-order valence-electron chi connectivity index (χ2n) is 9.15. The lowest BCUT2D eigenvalue weighted by atomic mass is 9.86. The Kier molecular flexibility index (Phi) is 23.1. The van der Waals surface area contributed by atoms with E-state index in [1.54, 1.807) is 0 Å². The molecular formula is C26H54O2. The Bertz CT molecular complexity index is 252. The molecule has 0 spiro atoms. The lowest BCUT2D eigenvalue weighted by molar-refractivity contribution is 0.216. The third-order valence-electron chi connectivity index (χ3n) is 6.49. The highest BCUT2D eigenvalue weighted by Crippen LogP contribution is 2.26. The Morgan fingerprint density at radius 1 is 0.393 bits per heavy atom. The van der Waals surface area contributed by atoms with Crippen molar-refractivity contribution < 1.29 is 10.2 Å². The van der Waals surface area contributed by atoms with Gasteiger partial charge in [0.1, 0.15) is 0 Å². The fourth-order valence-electron chi connectivity index (χ4n) is 4.48. The number of hydrogen-bond acceptors (Lipinski definition) is 2. The van der Waals surface area contributed by atoms with E-state index in [0.29, 0.717) is 25.0 Å². The molecule has 170 valence electrons. The molecule has 0 aromatic rings. The largest absolute Gasteiger partial charge is 0.396 e. The smallest absolute Gasteiger partial charge is 0.0433 e. The average molecular weight is 399 g/mol. The minimum absolute atomic E-state index is 0.337. The van der Waals surface area contributed by atoms with Crippen LogP contribution in [-0.2, 0) is 0 Å². The predicted octanol–water partition coefficient (Wildman–Crippen LogP) is 8.05. The Balaban J connectivity index is 3.90. The molecule has 0 aromatic heterocycles. The molecule has 2 nitrogen and oxygen atoms in total. The lowest BCUT2D eigenvalue weighted by Gasteiger charge is -2.21. The monoisotopic (exact) mass is 398 g/mol. The van der Waals surface area contributed by atoms with E-state index < -0.39 is 0 Å². The van der Waals surface area contributed by atoms with Crippen molar-refractivity contribution >= 4 is 0 Å². The second-order valence-corrected chi connectivity index (χ2v) is 9.15. The molecule has 0 aliphatic carbocycles. The van der Waals surface area contributed by atoms with Gasteiger partial charge in [0.25, 0.3) is 0 Å². The van der Waals surface area contributed by atoms with E-state index in [1.807, 2.05) is 0 Å². The highest BCUT2D eigenvalue weighted by Gasteiger charge is 2.13. The zero-order valence-corrected chi connectivity index (χ0v) is 19.6. The predicted molar refractivity (Wildman–Crippen MR) is 125 cm³/mol. The van der Waals surface area contributed by atoms with Crippen LogP contribution >= 0.6 is 0 Å². The first-order valence-electron chi connectivity index (χ1n) is 13.0. The molecule has 0 rings (SSSR count). The molecule has 0 saturated heterocycles. The topological polar surface area (TPSA) is 40.5 Å². The number of rotatable bonds is 23. The van der Waals surface area contributed by atoms with Crippen LogP contribution in [-0.4, -0.2) is 23.4 Å². The van der Waals surface area contributed by atoms with E-state index in [0.717, 1.165) is 12.8 Å². The van der Waals surface area contributed by atoms with Gasteiger partial charge >= 0.3 is 0 Å². The zero-order valence-electron chi connectivity index (χ0n) is 19.6. The standard InChI is InChI=1S/C26H54O2/c1-3-5-7-9-11-13-15-17-25(21-23-27)19-20-26(22-24-28)18-16-14-12-10-8-6-4-2/h25-28H,3-24H2,1-2H3. The van der Waals surface area contributed by atoms with Crippen LogP contribution in [0.1, 0.15) is 142 Å². The summed E-state index contributed by atoms with van der Waals surface area (Å²) in [5.74, 6) is 1.38. The van der Waals surface area contributed by atoms with Crippen molar-refractivity contribution in [2.24, 2.45) is 11.8 Å². The van der Waals surface area contributed by atoms with Crippen molar-refractivity contribution in [3.8, 4) is 0 Å². The van der Waals surface area contributed by atoms with Gasteiger partial charge < -0.3 is 10.2 Å². The van der Waals surface area contributed by atoms with E-state index in [9.17, 15) is 10.2 Å². The molecule has 0 radical (unpaired) electrons. The molecule has 0 amide bonds. The van der Waals surface area contributed by atoms with Gasteiger partial charge in [0.05, 0.1) is 0 Å². The Hall–Kier alpha value is -0.0800. The maximum Gasteiger partial charge on any atom is 0.0433 e. The molecule has 2 N–H and O–H groups in total. The molecule has 2 unspecified atom stereocenters. The summed E-state index contributed by atoms with van der Waals surface area (Å²) in [5.41, 5.74) is 0. The van der Waals surface area contributed by atoms with Gasteiger partial charge in [-0.25, -0.2) is 0 Å². The van der Waals surface area contributed by atoms with Crippen LogP contribution in [0.15, 0.2) is 0 Å². The van der Waals surface area contributed by atoms with Crippen molar-refractivity contribution in [3.05, 3.63) is 0 Å². The van der Waals surface area contributed by atoms with Crippen molar-refractivity contribution in [2.75, 3.05) is 13.2 Å². The van der Waals surface area contributed by atoms with E-state index in [2.05, 4.69) is 13.8 Å². The normalized spacial score (nSPS) is 13.7. The van der Waals surface area contributed by atoms with Gasteiger partial charge in [-0.1, -0.05) is 129 Å². The molecule has 0 heterocycles. The van der Waals surface area contributed by atoms with Gasteiger partial charge in [-0.05, 0) is 24.7 Å². The van der Waals surface area contributed by atoms with E-state index in [-0.39, 0.29) is 0 Å². The molecule has 0 saturated carbocycles. The minimum Gasteiger partial charge on any atom is -0.396 e. The van der Waals surface area contributed by atoms with Crippen molar-refractivity contribution in [1.29, 1.82) is 0 Å². The summed E-state index contributed by atoms with van der Waals surface area (Å²) in [6.07, 6.45) is 26.2. The summed E-state index contributed by atoms with van der Waals surface area (Å²) in [6, 6.07) is 0.